The first kappa shape index (κ1) is 40.7. The van der Waals surface area contributed by atoms with Gasteiger partial charge < -0.3 is 43.0 Å². The summed E-state index contributed by atoms with van der Waals surface area (Å²) in [6.07, 6.45) is -2.36. The van der Waals surface area contributed by atoms with E-state index in [9.17, 15) is 22.9 Å². The highest BCUT2D eigenvalue weighted by Crippen LogP contribution is 2.37. The number of aliphatic hydroxyl groups excluding tert-OH is 1. The minimum atomic E-state index is -4.23. The molecule has 4 aromatic rings. The normalized spacial score (nSPS) is 12.5. The molecule has 0 radical (unpaired) electrons. The number of fused-ring (bicyclic) bond motifs is 2. The standard InChI is InChI=1S/C37H47NO13S/c1-23-15-25(36(39)48-7)16-24(2)35(23)51-37(40)34-30-17-26(49-28(19-44-3)20-45-4)9-11-32(30)38(13-8-14-52(41,42)43)33-12-10-27(18-31(33)34)50-29(21-46-5)22-47-6/h9-12,15-18,28-29,37,40H,8,13-14,19-22H2,1-7H3/p+1. The maximum atomic E-state index is 12.3. The van der Waals surface area contributed by atoms with Crippen LogP contribution < -0.4 is 18.8 Å². The van der Waals surface area contributed by atoms with Gasteiger partial charge in [0.2, 0.25) is 17.3 Å². The summed E-state index contributed by atoms with van der Waals surface area (Å²) in [5.74, 6) is 0.312. The molecule has 3 aromatic carbocycles. The maximum Gasteiger partial charge on any atom is 0.337 e. The van der Waals surface area contributed by atoms with Gasteiger partial charge in [-0.05, 0) is 61.4 Å². The first-order valence-electron chi connectivity index (χ1n) is 16.6. The Balaban J connectivity index is 1.99. The Kier molecular flexibility index (Phi) is 14.5. The van der Waals surface area contributed by atoms with E-state index in [4.69, 9.17) is 37.9 Å². The zero-order chi connectivity index (χ0) is 38.0. The molecule has 284 valence electrons. The van der Waals surface area contributed by atoms with E-state index in [2.05, 4.69) is 0 Å². The van der Waals surface area contributed by atoms with Crippen molar-refractivity contribution in [2.75, 3.05) is 67.7 Å². The average Bonchev–Trinajstić information content (AvgIpc) is 3.09. The van der Waals surface area contributed by atoms with Crippen LogP contribution in [0.4, 0.5) is 0 Å². The minimum absolute atomic E-state index is 0.0983. The number of aryl methyl sites for hydroxylation is 3. The van der Waals surface area contributed by atoms with Crippen LogP contribution in [0.5, 0.6) is 17.2 Å². The highest BCUT2D eigenvalue weighted by molar-refractivity contribution is 7.85. The molecule has 1 atom stereocenters. The summed E-state index contributed by atoms with van der Waals surface area (Å²) in [6, 6.07) is 13.9. The van der Waals surface area contributed by atoms with Crippen LogP contribution in [0, 0.1) is 13.8 Å². The van der Waals surface area contributed by atoms with E-state index < -0.39 is 40.3 Å². The number of carbonyl (C=O) groups is 1. The van der Waals surface area contributed by atoms with Gasteiger partial charge in [-0.2, -0.15) is 13.0 Å². The van der Waals surface area contributed by atoms with Gasteiger partial charge in [0, 0.05) is 52.6 Å². The highest BCUT2D eigenvalue weighted by Gasteiger charge is 2.29. The summed E-state index contributed by atoms with van der Waals surface area (Å²) in [5, 5.41) is 13.2. The number of hydrogen-bond acceptors (Lipinski definition) is 12. The summed E-state index contributed by atoms with van der Waals surface area (Å²) in [4.78, 5) is 12.3. The lowest BCUT2D eigenvalue weighted by molar-refractivity contribution is -0.645. The quantitative estimate of drug-likeness (QED) is 0.0436. The van der Waals surface area contributed by atoms with Crippen molar-refractivity contribution in [3.8, 4) is 17.2 Å². The monoisotopic (exact) mass is 746 g/mol. The fraction of sp³-hybridized carbons (Fsp3) is 0.459. The number of hydrogen-bond donors (Lipinski definition) is 2. The molecule has 0 saturated carbocycles. The van der Waals surface area contributed by atoms with Crippen molar-refractivity contribution in [3.05, 3.63) is 70.8 Å². The van der Waals surface area contributed by atoms with Gasteiger partial charge in [-0.25, -0.2) is 4.79 Å². The maximum absolute atomic E-state index is 12.3. The molecule has 2 N–H and O–H groups in total. The van der Waals surface area contributed by atoms with E-state index in [1.54, 1.807) is 78.7 Å². The molecule has 0 aliphatic heterocycles. The lowest BCUT2D eigenvalue weighted by atomic mass is 10.00. The van der Waals surface area contributed by atoms with Crippen LogP contribution in [0.1, 0.15) is 39.8 Å². The number of aliphatic hydroxyl groups is 1. The number of esters is 1. The van der Waals surface area contributed by atoms with Crippen molar-refractivity contribution >= 4 is 37.9 Å². The predicted molar refractivity (Wildman–Crippen MR) is 192 cm³/mol. The summed E-state index contributed by atoms with van der Waals surface area (Å²) >= 11 is 0. The van der Waals surface area contributed by atoms with Gasteiger partial charge in [-0.15, -0.1) is 0 Å². The third-order valence-electron chi connectivity index (χ3n) is 8.26. The highest BCUT2D eigenvalue weighted by atomic mass is 32.2. The SMILES string of the molecule is COCC(COC)Oc1ccc2c(c1)c(C(O)Oc1c(C)cc(C(=O)OC)cc1C)c1cc(OC(COC)COC)ccc1[n+]2CCCS(=O)(=O)O. The Morgan fingerprint density at radius 2 is 1.19 bits per heavy atom. The van der Waals surface area contributed by atoms with Crippen LogP contribution in [0.25, 0.3) is 21.8 Å². The summed E-state index contributed by atoms with van der Waals surface area (Å²) in [6.45, 7) is 4.74. The molecule has 4 rings (SSSR count). The number of methoxy groups -OCH3 is 5. The lowest BCUT2D eigenvalue weighted by Crippen LogP contribution is -2.37. The molecule has 0 fully saturated rings. The lowest BCUT2D eigenvalue weighted by Gasteiger charge is -2.22. The largest absolute Gasteiger partial charge is 0.486 e. The molecule has 0 amide bonds. The Labute approximate surface area is 303 Å². The average molecular weight is 747 g/mol. The number of ether oxygens (including phenoxy) is 8. The molecule has 0 bridgehead atoms. The Bertz CT molecular complexity index is 1840. The fourth-order valence-corrected chi connectivity index (χ4v) is 6.66. The van der Waals surface area contributed by atoms with Crippen LogP contribution in [0.15, 0.2) is 48.5 Å². The zero-order valence-corrected chi connectivity index (χ0v) is 31.4. The third-order valence-corrected chi connectivity index (χ3v) is 9.06. The summed E-state index contributed by atoms with van der Waals surface area (Å²) in [5.41, 5.74) is 3.16. The van der Waals surface area contributed by atoms with Crippen LogP contribution in [-0.4, -0.2) is 104 Å². The summed E-state index contributed by atoms with van der Waals surface area (Å²) < 4.78 is 79.9. The molecular weight excluding hydrogens is 698 g/mol. The second-order valence-electron chi connectivity index (χ2n) is 12.3. The Morgan fingerprint density at radius 3 is 1.60 bits per heavy atom. The van der Waals surface area contributed by atoms with Crippen LogP contribution in [0.3, 0.4) is 0 Å². The van der Waals surface area contributed by atoms with Crippen molar-refractivity contribution in [3.63, 3.8) is 0 Å². The van der Waals surface area contributed by atoms with Crippen LogP contribution >= 0.6 is 0 Å². The Morgan fingerprint density at radius 1 is 0.731 bits per heavy atom. The van der Waals surface area contributed by atoms with Crippen molar-refractivity contribution in [1.82, 2.24) is 0 Å². The molecule has 14 nitrogen and oxygen atoms in total. The van der Waals surface area contributed by atoms with Gasteiger partial charge in [0.05, 0.1) is 55.6 Å². The Hall–Kier alpha value is -4.09. The molecule has 0 spiro atoms. The van der Waals surface area contributed by atoms with E-state index >= 15 is 0 Å². The second kappa shape index (κ2) is 18.6. The van der Waals surface area contributed by atoms with Crippen molar-refractivity contribution in [2.24, 2.45) is 0 Å². The van der Waals surface area contributed by atoms with Gasteiger partial charge in [-0.1, -0.05) is 0 Å². The number of pyridine rings is 1. The van der Waals surface area contributed by atoms with Crippen molar-refractivity contribution in [2.45, 2.75) is 45.3 Å². The van der Waals surface area contributed by atoms with Gasteiger partial charge in [0.25, 0.3) is 10.1 Å². The molecule has 1 aromatic heterocycles. The van der Waals surface area contributed by atoms with Gasteiger partial charge >= 0.3 is 5.97 Å². The number of carbonyl (C=O) groups excluding carboxylic acids is 1. The summed E-state index contributed by atoms with van der Waals surface area (Å²) in [7, 11) is 3.32. The second-order valence-corrected chi connectivity index (χ2v) is 13.8. The first-order chi connectivity index (χ1) is 24.8. The molecular formula is C37H48NO13S+. The van der Waals surface area contributed by atoms with Crippen LogP contribution in [-0.2, 0) is 40.3 Å². The molecule has 1 unspecified atom stereocenters. The van der Waals surface area contributed by atoms with Gasteiger partial charge in [0.15, 0.2) is 6.54 Å². The minimum Gasteiger partial charge on any atom is -0.486 e. The molecule has 0 aliphatic rings. The van der Waals surface area contributed by atoms with Gasteiger partial charge in [-0.3, -0.25) is 4.55 Å². The third kappa shape index (κ3) is 10.3. The molecule has 1 heterocycles. The number of benzene rings is 3. The van der Waals surface area contributed by atoms with Crippen molar-refractivity contribution in [1.29, 1.82) is 0 Å². The molecule has 0 aliphatic carbocycles. The zero-order valence-electron chi connectivity index (χ0n) is 30.5. The molecule has 0 saturated heterocycles. The molecule has 52 heavy (non-hydrogen) atoms. The molecule has 15 heteroatoms. The van der Waals surface area contributed by atoms with E-state index in [-0.39, 0.29) is 39.4 Å². The van der Waals surface area contributed by atoms with E-state index in [1.807, 2.05) is 16.7 Å². The van der Waals surface area contributed by atoms with Crippen molar-refractivity contribution < 1.29 is 65.3 Å². The van der Waals surface area contributed by atoms with E-state index in [0.29, 0.717) is 61.3 Å². The smallest absolute Gasteiger partial charge is 0.337 e. The topological polar surface area (TPSA) is 169 Å². The fourth-order valence-electron chi connectivity index (χ4n) is 6.17. The van der Waals surface area contributed by atoms with Crippen LogP contribution in [0.2, 0.25) is 0 Å². The number of aromatic nitrogens is 1. The number of nitrogens with zero attached hydrogens (tertiary/aromatic N) is 1. The predicted octanol–water partition coefficient (Wildman–Crippen LogP) is 4.11. The number of rotatable bonds is 20. The van der Waals surface area contributed by atoms with Gasteiger partial charge in [0.1, 0.15) is 29.5 Å². The van der Waals surface area contributed by atoms with E-state index in [0.717, 1.165) is 0 Å². The van der Waals surface area contributed by atoms with E-state index in [1.165, 1.54) is 7.11 Å². The first-order valence-corrected chi connectivity index (χ1v) is 18.2.